The molecule has 1 saturated heterocycles. The summed E-state index contributed by atoms with van der Waals surface area (Å²) in [6.07, 6.45) is 1.35. The van der Waals surface area contributed by atoms with E-state index >= 15 is 0 Å². The molecule has 0 radical (unpaired) electrons. The molecule has 7 heteroatoms. The number of rotatable bonds is 8. The Bertz CT molecular complexity index is 844. The number of hydrogen-bond donors (Lipinski definition) is 0. The number of halogens is 1. The minimum absolute atomic E-state index is 0.101. The molecule has 0 N–H and O–H groups in total. The van der Waals surface area contributed by atoms with Gasteiger partial charge in [0.25, 0.3) is 5.91 Å². The number of nitrogens with zero attached hydrogens (tertiary/aromatic N) is 1. The number of carbonyl (C=O) groups excluding carboxylic acids is 2. The van der Waals surface area contributed by atoms with Crippen molar-refractivity contribution in [1.29, 1.82) is 0 Å². The number of thioether (sulfide) groups is 1. The molecule has 160 valence electrons. The molecule has 5 nitrogen and oxygen atoms in total. The van der Waals surface area contributed by atoms with Crippen LogP contribution in [0.25, 0.3) is 0 Å². The summed E-state index contributed by atoms with van der Waals surface area (Å²) in [4.78, 5) is 27.3. The Morgan fingerprint density at radius 2 is 1.83 bits per heavy atom. The number of carbonyl (C=O) groups is 2. The van der Waals surface area contributed by atoms with E-state index in [1.165, 1.54) is 5.56 Å². The fraction of sp³-hybridized carbons (Fsp3) is 0.391. The molecule has 2 atom stereocenters. The van der Waals surface area contributed by atoms with Crippen LogP contribution in [0.15, 0.2) is 54.6 Å². The first-order valence-corrected chi connectivity index (χ1v) is 11.4. The molecule has 0 aliphatic carbocycles. The summed E-state index contributed by atoms with van der Waals surface area (Å²) in [5.74, 6) is 0.498. The van der Waals surface area contributed by atoms with Gasteiger partial charge in [-0.05, 0) is 56.5 Å². The first-order valence-electron chi connectivity index (χ1n) is 9.99. The van der Waals surface area contributed by atoms with Crippen molar-refractivity contribution in [2.24, 2.45) is 0 Å². The highest BCUT2D eigenvalue weighted by atomic mass is 35.5. The summed E-state index contributed by atoms with van der Waals surface area (Å²) < 4.78 is 11.0. The molecule has 2 aromatic rings. The third-order valence-electron chi connectivity index (χ3n) is 4.70. The van der Waals surface area contributed by atoms with Crippen LogP contribution in [0.1, 0.15) is 25.8 Å². The van der Waals surface area contributed by atoms with Gasteiger partial charge in [-0.2, -0.15) is 0 Å². The number of amides is 1. The first-order chi connectivity index (χ1) is 14.4. The fourth-order valence-electron chi connectivity index (χ4n) is 3.30. The second-order valence-corrected chi connectivity index (χ2v) is 9.00. The Balaban J connectivity index is 1.68. The largest absolute Gasteiger partial charge is 0.484 e. The van der Waals surface area contributed by atoms with E-state index in [9.17, 15) is 9.59 Å². The van der Waals surface area contributed by atoms with Crippen molar-refractivity contribution in [2.75, 3.05) is 12.4 Å². The van der Waals surface area contributed by atoms with Gasteiger partial charge in [0.1, 0.15) is 11.8 Å². The molecule has 1 fully saturated rings. The summed E-state index contributed by atoms with van der Waals surface area (Å²) >= 11 is 7.51. The molecule has 3 rings (SSSR count). The van der Waals surface area contributed by atoms with Crippen LogP contribution in [0, 0.1) is 0 Å². The van der Waals surface area contributed by atoms with E-state index in [1.54, 1.807) is 40.9 Å². The number of benzene rings is 2. The molecule has 1 aliphatic heterocycles. The Morgan fingerprint density at radius 3 is 2.50 bits per heavy atom. The minimum atomic E-state index is -0.598. The van der Waals surface area contributed by atoms with Crippen molar-refractivity contribution in [3.8, 4) is 5.75 Å². The summed E-state index contributed by atoms with van der Waals surface area (Å²) in [6.45, 7) is 3.47. The summed E-state index contributed by atoms with van der Waals surface area (Å²) in [5.41, 5.74) is 1.20. The Kier molecular flexibility index (Phi) is 8.05. The third-order valence-corrected chi connectivity index (χ3v) is 6.31. The molecule has 1 heterocycles. The minimum Gasteiger partial charge on any atom is -0.484 e. The van der Waals surface area contributed by atoms with Gasteiger partial charge in [-0.15, -0.1) is 11.8 Å². The van der Waals surface area contributed by atoms with Crippen LogP contribution < -0.4 is 4.74 Å². The molecule has 0 aromatic heterocycles. The lowest BCUT2D eigenvalue weighted by Crippen LogP contribution is -2.48. The summed E-state index contributed by atoms with van der Waals surface area (Å²) in [5, 5.41) is 0.498. The second-order valence-electron chi connectivity index (χ2n) is 7.36. The highest BCUT2D eigenvalue weighted by molar-refractivity contribution is 8.00. The number of esters is 1. The number of ether oxygens (including phenoxy) is 2. The van der Waals surface area contributed by atoms with Crippen LogP contribution in [0.3, 0.4) is 0 Å². The topological polar surface area (TPSA) is 55.8 Å². The molecule has 0 saturated carbocycles. The van der Waals surface area contributed by atoms with E-state index in [2.05, 4.69) is 12.1 Å². The van der Waals surface area contributed by atoms with E-state index in [0.717, 1.165) is 12.8 Å². The molecule has 2 unspecified atom stereocenters. The van der Waals surface area contributed by atoms with Gasteiger partial charge in [0.2, 0.25) is 0 Å². The lowest BCUT2D eigenvalue weighted by molar-refractivity contribution is -0.157. The van der Waals surface area contributed by atoms with E-state index in [-0.39, 0.29) is 30.0 Å². The van der Waals surface area contributed by atoms with Gasteiger partial charge in [-0.3, -0.25) is 4.79 Å². The van der Waals surface area contributed by atoms with Crippen molar-refractivity contribution in [1.82, 2.24) is 4.90 Å². The zero-order valence-corrected chi connectivity index (χ0v) is 18.7. The zero-order chi connectivity index (χ0) is 21.5. The average molecular weight is 448 g/mol. The summed E-state index contributed by atoms with van der Waals surface area (Å²) in [6, 6.07) is 16.4. The van der Waals surface area contributed by atoms with Crippen molar-refractivity contribution in [3.63, 3.8) is 0 Å². The zero-order valence-electron chi connectivity index (χ0n) is 17.1. The molecule has 0 spiro atoms. The first kappa shape index (κ1) is 22.5. The van der Waals surface area contributed by atoms with Gasteiger partial charge in [-0.25, -0.2) is 4.79 Å². The maximum atomic E-state index is 13.1. The van der Waals surface area contributed by atoms with Crippen LogP contribution in [0.4, 0.5) is 0 Å². The fourth-order valence-corrected chi connectivity index (χ4v) is 4.83. The van der Waals surface area contributed by atoms with Gasteiger partial charge in [0, 0.05) is 10.8 Å². The van der Waals surface area contributed by atoms with Crippen LogP contribution in [0.5, 0.6) is 5.75 Å². The maximum Gasteiger partial charge on any atom is 0.330 e. The number of hydrogen-bond acceptors (Lipinski definition) is 5. The highest BCUT2D eigenvalue weighted by Crippen LogP contribution is 2.33. The average Bonchev–Trinajstić information content (AvgIpc) is 3.16. The van der Waals surface area contributed by atoms with Crippen LogP contribution in [-0.2, 0) is 20.7 Å². The standard InChI is InChI=1S/C23H26ClNO4S/c1-16(2)29-23(27)20-15-30-22(13-8-17-6-4-3-5-7-17)25(20)21(26)14-28-19-11-9-18(24)10-12-19/h3-7,9-12,16,20,22H,8,13-15H2,1-2H3. The normalized spacial score (nSPS) is 18.5. The monoisotopic (exact) mass is 447 g/mol. The second kappa shape index (κ2) is 10.7. The van der Waals surface area contributed by atoms with Crippen LogP contribution in [-0.4, -0.2) is 46.7 Å². The number of aryl methyl sites for hydroxylation is 1. The molecular weight excluding hydrogens is 422 g/mol. The molecule has 1 amide bonds. The van der Waals surface area contributed by atoms with Gasteiger partial charge in [-0.1, -0.05) is 41.9 Å². The van der Waals surface area contributed by atoms with Gasteiger partial charge in [0.05, 0.1) is 11.5 Å². The van der Waals surface area contributed by atoms with Gasteiger partial charge >= 0.3 is 5.97 Å². The van der Waals surface area contributed by atoms with Gasteiger partial charge in [0.15, 0.2) is 6.61 Å². The smallest absolute Gasteiger partial charge is 0.330 e. The molecule has 0 bridgehead atoms. The van der Waals surface area contributed by atoms with E-state index in [1.807, 2.05) is 32.0 Å². The molecule has 2 aromatic carbocycles. The SMILES string of the molecule is CC(C)OC(=O)C1CSC(CCc2ccccc2)N1C(=O)COc1ccc(Cl)cc1. The van der Waals surface area contributed by atoms with Crippen molar-refractivity contribution in [2.45, 2.75) is 44.2 Å². The Hall–Kier alpha value is -2.18. The lowest BCUT2D eigenvalue weighted by Gasteiger charge is -2.29. The third kappa shape index (κ3) is 6.16. The molecule has 30 heavy (non-hydrogen) atoms. The Labute approximate surface area is 186 Å². The lowest BCUT2D eigenvalue weighted by atomic mass is 10.1. The predicted octanol–water partition coefficient (Wildman–Crippen LogP) is 4.57. The maximum absolute atomic E-state index is 13.1. The predicted molar refractivity (Wildman–Crippen MR) is 120 cm³/mol. The highest BCUT2D eigenvalue weighted by Gasteiger charge is 2.42. The van der Waals surface area contributed by atoms with Crippen molar-refractivity contribution < 1.29 is 19.1 Å². The van der Waals surface area contributed by atoms with Crippen molar-refractivity contribution >= 4 is 35.2 Å². The van der Waals surface area contributed by atoms with E-state index in [4.69, 9.17) is 21.1 Å². The van der Waals surface area contributed by atoms with Crippen LogP contribution >= 0.6 is 23.4 Å². The Morgan fingerprint density at radius 1 is 1.13 bits per heavy atom. The van der Waals surface area contributed by atoms with Crippen molar-refractivity contribution in [3.05, 3.63) is 65.2 Å². The summed E-state index contributed by atoms with van der Waals surface area (Å²) in [7, 11) is 0. The van der Waals surface area contributed by atoms with Crippen LogP contribution in [0.2, 0.25) is 5.02 Å². The molecule has 1 aliphatic rings. The van der Waals surface area contributed by atoms with E-state index in [0.29, 0.717) is 16.5 Å². The van der Waals surface area contributed by atoms with Gasteiger partial charge < -0.3 is 14.4 Å². The van der Waals surface area contributed by atoms with E-state index < -0.39 is 6.04 Å². The quantitative estimate of drug-likeness (QED) is 0.554. The molecular formula is C23H26ClNO4S.